The van der Waals surface area contributed by atoms with Gasteiger partial charge in [-0.15, -0.1) is 0 Å². The Balaban J connectivity index is 1.25. The number of amides is 3. The first kappa shape index (κ1) is 20.2. The summed E-state index contributed by atoms with van der Waals surface area (Å²) in [5.41, 5.74) is 0.897. The summed E-state index contributed by atoms with van der Waals surface area (Å²) in [6.07, 6.45) is 2.43. The SMILES string of the molecule is O=C(CN1CCN(C(=O)[C@H]2CC(=O)N(Cc3ccccc3Cl)C2)CC1)NC1CC1. The van der Waals surface area contributed by atoms with Crippen molar-refractivity contribution < 1.29 is 14.4 Å². The summed E-state index contributed by atoms with van der Waals surface area (Å²) in [5.74, 6) is -0.181. The molecule has 1 aromatic rings. The molecule has 1 saturated carbocycles. The van der Waals surface area contributed by atoms with Crippen LogP contribution in [0.5, 0.6) is 0 Å². The maximum atomic E-state index is 12.9. The molecule has 2 aliphatic heterocycles. The number of likely N-dealkylation sites (tertiary alicyclic amines) is 1. The van der Waals surface area contributed by atoms with E-state index < -0.39 is 0 Å². The van der Waals surface area contributed by atoms with Gasteiger partial charge >= 0.3 is 0 Å². The lowest BCUT2D eigenvalue weighted by Crippen LogP contribution is -2.52. The van der Waals surface area contributed by atoms with Crippen LogP contribution in [0.3, 0.4) is 0 Å². The molecule has 2 heterocycles. The standard InChI is InChI=1S/C21H27ClN4O3/c22-18-4-2-1-3-15(18)12-26-13-16(11-20(26)28)21(29)25-9-7-24(8-10-25)14-19(27)23-17-5-6-17/h1-4,16-17H,5-14H2,(H,23,27)/t16-/m0/s1. The second kappa shape index (κ2) is 8.71. The second-order valence-corrected chi connectivity index (χ2v) is 8.62. The van der Waals surface area contributed by atoms with Crippen LogP contribution in [0.2, 0.25) is 5.02 Å². The van der Waals surface area contributed by atoms with Crippen molar-refractivity contribution in [1.82, 2.24) is 20.0 Å². The summed E-state index contributed by atoms with van der Waals surface area (Å²) in [4.78, 5) is 42.9. The highest BCUT2D eigenvalue weighted by Crippen LogP contribution is 2.25. The van der Waals surface area contributed by atoms with E-state index in [1.54, 1.807) is 4.90 Å². The number of carbonyl (C=O) groups is 3. The van der Waals surface area contributed by atoms with Crippen LogP contribution in [-0.4, -0.2) is 77.7 Å². The van der Waals surface area contributed by atoms with Gasteiger partial charge in [0.1, 0.15) is 0 Å². The largest absolute Gasteiger partial charge is 0.352 e. The van der Waals surface area contributed by atoms with E-state index in [-0.39, 0.29) is 30.1 Å². The summed E-state index contributed by atoms with van der Waals surface area (Å²) in [7, 11) is 0. The van der Waals surface area contributed by atoms with Crippen LogP contribution in [0.15, 0.2) is 24.3 Å². The molecule has 1 aromatic carbocycles. The van der Waals surface area contributed by atoms with Crippen molar-refractivity contribution in [3.8, 4) is 0 Å². The van der Waals surface area contributed by atoms with Gasteiger partial charge in [0.05, 0.1) is 12.5 Å². The van der Waals surface area contributed by atoms with Crippen LogP contribution >= 0.6 is 11.6 Å². The molecular formula is C21H27ClN4O3. The van der Waals surface area contributed by atoms with E-state index in [1.165, 1.54) is 0 Å². The zero-order valence-electron chi connectivity index (χ0n) is 16.5. The maximum Gasteiger partial charge on any atom is 0.234 e. The minimum Gasteiger partial charge on any atom is -0.352 e. The van der Waals surface area contributed by atoms with E-state index in [0.717, 1.165) is 18.4 Å². The summed E-state index contributed by atoms with van der Waals surface area (Å²) in [6, 6.07) is 7.85. The van der Waals surface area contributed by atoms with Crippen molar-refractivity contribution in [2.24, 2.45) is 5.92 Å². The molecule has 29 heavy (non-hydrogen) atoms. The number of carbonyl (C=O) groups excluding carboxylic acids is 3. The number of hydrogen-bond acceptors (Lipinski definition) is 4. The van der Waals surface area contributed by atoms with Crippen molar-refractivity contribution in [2.75, 3.05) is 39.3 Å². The van der Waals surface area contributed by atoms with Crippen LogP contribution in [0.1, 0.15) is 24.8 Å². The molecular weight excluding hydrogens is 392 g/mol. The minimum absolute atomic E-state index is 0.00125. The lowest BCUT2D eigenvalue weighted by atomic mass is 10.1. The van der Waals surface area contributed by atoms with Crippen molar-refractivity contribution in [1.29, 1.82) is 0 Å². The quantitative estimate of drug-likeness (QED) is 0.751. The van der Waals surface area contributed by atoms with Gasteiger partial charge in [-0.3, -0.25) is 19.3 Å². The number of benzene rings is 1. The summed E-state index contributed by atoms with van der Waals surface area (Å²) < 4.78 is 0. The molecule has 0 bridgehead atoms. The van der Waals surface area contributed by atoms with Gasteiger partial charge < -0.3 is 15.1 Å². The third-order valence-corrected chi connectivity index (χ3v) is 6.25. The second-order valence-electron chi connectivity index (χ2n) is 8.21. The van der Waals surface area contributed by atoms with Crippen molar-refractivity contribution in [2.45, 2.75) is 31.8 Å². The molecule has 4 rings (SSSR count). The Hall–Kier alpha value is -2.12. The number of halogens is 1. The molecule has 3 fully saturated rings. The van der Waals surface area contributed by atoms with Gasteiger partial charge in [0.2, 0.25) is 17.7 Å². The minimum atomic E-state index is -0.297. The Morgan fingerprint density at radius 3 is 2.52 bits per heavy atom. The maximum absolute atomic E-state index is 12.9. The fraction of sp³-hybridized carbons (Fsp3) is 0.571. The molecule has 0 radical (unpaired) electrons. The molecule has 1 aliphatic carbocycles. The molecule has 0 unspecified atom stereocenters. The monoisotopic (exact) mass is 418 g/mol. The van der Waals surface area contributed by atoms with Crippen molar-refractivity contribution in [3.05, 3.63) is 34.9 Å². The van der Waals surface area contributed by atoms with Gasteiger partial charge in [-0.25, -0.2) is 0 Å². The molecule has 1 atom stereocenters. The van der Waals surface area contributed by atoms with Gasteiger partial charge in [0, 0.05) is 56.8 Å². The van der Waals surface area contributed by atoms with Crippen molar-refractivity contribution in [3.63, 3.8) is 0 Å². The third-order valence-electron chi connectivity index (χ3n) is 5.88. The van der Waals surface area contributed by atoms with E-state index >= 15 is 0 Å². The Kier molecular flexibility index (Phi) is 6.06. The van der Waals surface area contributed by atoms with Crippen LogP contribution in [-0.2, 0) is 20.9 Å². The fourth-order valence-electron chi connectivity index (χ4n) is 4.01. The zero-order valence-corrected chi connectivity index (χ0v) is 17.2. The average Bonchev–Trinajstić information content (AvgIpc) is 3.44. The highest BCUT2D eigenvalue weighted by Gasteiger charge is 2.37. The molecule has 156 valence electrons. The predicted molar refractivity (Wildman–Crippen MR) is 109 cm³/mol. The first-order chi connectivity index (χ1) is 14.0. The molecule has 7 nitrogen and oxygen atoms in total. The number of nitrogens with zero attached hydrogens (tertiary/aromatic N) is 3. The number of hydrogen-bond donors (Lipinski definition) is 1. The van der Waals surface area contributed by atoms with E-state index in [1.807, 2.05) is 29.2 Å². The summed E-state index contributed by atoms with van der Waals surface area (Å²) >= 11 is 6.21. The first-order valence-electron chi connectivity index (χ1n) is 10.3. The highest BCUT2D eigenvalue weighted by molar-refractivity contribution is 6.31. The molecule has 0 aromatic heterocycles. The van der Waals surface area contributed by atoms with Gasteiger partial charge in [-0.2, -0.15) is 0 Å². The normalized spacial score (nSPS) is 22.8. The third kappa shape index (κ3) is 5.08. The van der Waals surface area contributed by atoms with Crippen LogP contribution in [0, 0.1) is 5.92 Å². The van der Waals surface area contributed by atoms with Gasteiger partial charge in [0.15, 0.2) is 0 Å². The van der Waals surface area contributed by atoms with E-state index in [9.17, 15) is 14.4 Å². The smallest absolute Gasteiger partial charge is 0.234 e. The fourth-order valence-corrected chi connectivity index (χ4v) is 4.21. The Morgan fingerprint density at radius 2 is 1.83 bits per heavy atom. The number of rotatable bonds is 6. The number of piperazine rings is 1. The summed E-state index contributed by atoms with van der Waals surface area (Å²) in [5, 5.41) is 3.64. The lowest BCUT2D eigenvalue weighted by Gasteiger charge is -2.35. The summed E-state index contributed by atoms with van der Waals surface area (Å²) in [6.45, 7) is 3.85. The molecule has 0 spiro atoms. The van der Waals surface area contributed by atoms with Gasteiger partial charge in [0.25, 0.3) is 0 Å². The molecule has 8 heteroatoms. The predicted octanol–water partition coefficient (Wildman–Crippen LogP) is 1.11. The van der Waals surface area contributed by atoms with Crippen molar-refractivity contribution >= 4 is 29.3 Å². The van der Waals surface area contributed by atoms with Gasteiger partial charge in [-0.1, -0.05) is 29.8 Å². The molecule has 3 amide bonds. The highest BCUT2D eigenvalue weighted by atomic mass is 35.5. The molecule has 2 saturated heterocycles. The molecule has 1 N–H and O–H groups in total. The average molecular weight is 419 g/mol. The topological polar surface area (TPSA) is 73.0 Å². The Morgan fingerprint density at radius 1 is 1.10 bits per heavy atom. The van der Waals surface area contributed by atoms with Crippen LogP contribution in [0.25, 0.3) is 0 Å². The van der Waals surface area contributed by atoms with E-state index in [4.69, 9.17) is 11.6 Å². The zero-order chi connectivity index (χ0) is 20.4. The van der Waals surface area contributed by atoms with E-state index in [0.29, 0.717) is 56.9 Å². The van der Waals surface area contributed by atoms with Gasteiger partial charge in [-0.05, 0) is 24.5 Å². The number of nitrogens with one attached hydrogen (secondary N) is 1. The van der Waals surface area contributed by atoms with Crippen LogP contribution < -0.4 is 5.32 Å². The Bertz CT molecular complexity index is 790. The van der Waals surface area contributed by atoms with Crippen LogP contribution in [0.4, 0.5) is 0 Å². The Labute approximate surface area is 176 Å². The van der Waals surface area contributed by atoms with E-state index in [2.05, 4.69) is 10.2 Å². The lowest BCUT2D eigenvalue weighted by molar-refractivity contribution is -0.137. The first-order valence-corrected chi connectivity index (χ1v) is 10.7. The molecule has 3 aliphatic rings.